The number of amides is 3. The van der Waals surface area contributed by atoms with E-state index in [9.17, 15) is 14.4 Å². The lowest BCUT2D eigenvalue weighted by Crippen LogP contribution is -2.53. The van der Waals surface area contributed by atoms with Gasteiger partial charge in [-0.15, -0.1) is 0 Å². The zero-order valence-electron chi connectivity index (χ0n) is 17.8. The van der Waals surface area contributed by atoms with Crippen molar-refractivity contribution in [2.24, 2.45) is 0 Å². The summed E-state index contributed by atoms with van der Waals surface area (Å²) in [6, 6.07) is 1.72. The highest BCUT2D eigenvalue weighted by molar-refractivity contribution is 6.39. The van der Waals surface area contributed by atoms with Crippen LogP contribution in [0.5, 0.6) is 0 Å². The van der Waals surface area contributed by atoms with Crippen LogP contribution in [0.4, 0.5) is 5.82 Å². The van der Waals surface area contributed by atoms with E-state index in [1.807, 2.05) is 0 Å². The average molecular weight is 417 g/mol. The van der Waals surface area contributed by atoms with Gasteiger partial charge in [-0.2, -0.15) is 5.10 Å². The molecule has 1 fully saturated rings. The maximum absolute atomic E-state index is 12.4. The molecule has 1 aromatic rings. The molecule has 4 N–H and O–H groups in total. The Balaban J connectivity index is 1.58. The largest absolute Gasteiger partial charge is 0.348 e. The van der Waals surface area contributed by atoms with Gasteiger partial charge in [0.2, 0.25) is 5.91 Å². The Morgan fingerprint density at radius 1 is 1.30 bits per heavy atom. The molecule has 164 valence electrons. The molecule has 2 heterocycles. The van der Waals surface area contributed by atoms with Gasteiger partial charge in [-0.05, 0) is 45.4 Å². The normalized spacial score (nSPS) is 21.5. The van der Waals surface area contributed by atoms with Crippen molar-refractivity contribution < 1.29 is 14.4 Å². The summed E-state index contributed by atoms with van der Waals surface area (Å²) in [6.45, 7) is 4.30. The minimum Gasteiger partial charge on any atom is -0.348 e. The van der Waals surface area contributed by atoms with E-state index in [0.717, 1.165) is 32.1 Å². The number of nitrogens with zero attached hydrogens (tertiary/aromatic N) is 2. The summed E-state index contributed by atoms with van der Waals surface area (Å²) in [6.07, 6.45) is 9.23. The van der Waals surface area contributed by atoms with Gasteiger partial charge in [0.15, 0.2) is 6.29 Å². The molecule has 0 spiro atoms. The molecule has 1 aromatic heterocycles. The van der Waals surface area contributed by atoms with Crippen LogP contribution < -0.4 is 21.3 Å². The number of carbonyl (C=O) groups excluding carboxylic acids is 3. The molecule has 2 aliphatic rings. The Bertz CT molecular complexity index is 816. The highest BCUT2D eigenvalue weighted by atomic mass is 16.2. The number of hydrogen-bond acceptors (Lipinski definition) is 5. The third-order valence-electron chi connectivity index (χ3n) is 5.43. The molecule has 0 bridgehead atoms. The van der Waals surface area contributed by atoms with Crippen LogP contribution in [0.3, 0.4) is 0 Å². The number of carbonyl (C=O) groups is 3. The van der Waals surface area contributed by atoms with Gasteiger partial charge < -0.3 is 16.0 Å². The van der Waals surface area contributed by atoms with E-state index in [-0.39, 0.29) is 11.9 Å². The van der Waals surface area contributed by atoms with Gasteiger partial charge in [0.1, 0.15) is 5.82 Å². The van der Waals surface area contributed by atoms with Gasteiger partial charge in [0.25, 0.3) is 0 Å². The molecule has 3 rings (SSSR count). The minimum atomic E-state index is -0.749. The van der Waals surface area contributed by atoms with Crippen LogP contribution in [0, 0.1) is 6.92 Å². The van der Waals surface area contributed by atoms with E-state index in [1.165, 1.54) is 23.1 Å². The molecule has 30 heavy (non-hydrogen) atoms. The quantitative estimate of drug-likeness (QED) is 0.400. The van der Waals surface area contributed by atoms with E-state index in [0.29, 0.717) is 24.5 Å². The number of nitrogens with one attached hydrogen (secondary N) is 4. The lowest BCUT2D eigenvalue weighted by molar-refractivity contribution is -0.136. The Labute approximate surface area is 177 Å². The van der Waals surface area contributed by atoms with Gasteiger partial charge >= 0.3 is 11.8 Å². The van der Waals surface area contributed by atoms with Gasteiger partial charge in [0.05, 0.1) is 5.69 Å². The molecule has 9 nitrogen and oxygen atoms in total. The first-order valence-electron chi connectivity index (χ1n) is 10.8. The number of aryl methyl sites for hydroxylation is 1. The third-order valence-corrected chi connectivity index (χ3v) is 5.43. The number of allylic oxidation sites excluding steroid dienone is 1. The first-order chi connectivity index (χ1) is 14.5. The Hall–Kier alpha value is -2.68. The lowest BCUT2D eigenvalue weighted by atomic mass is 9.97. The molecule has 1 saturated heterocycles. The topological polar surface area (TPSA) is 117 Å². The van der Waals surface area contributed by atoms with Crippen molar-refractivity contribution in [3.8, 4) is 0 Å². The number of aromatic nitrogens is 2. The minimum absolute atomic E-state index is 0.0409. The molecule has 9 heteroatoms. The van der Waals surface area contributed by atoms with E-state index < -0.39 is 18.1 Å². The average Bonchev–Trinajstić information content (AvgIpc) is 3.08. The number of anilines is 1. The van der Waals surface area contributed by atoms with Crippen LogP contribution in [0.25, 0.3) is 0 Å². The smallest absolute Gasteiger partial charge is 0.314 e. The van der Waals surface area contributed by atoms with Crippen molar-refractivity contribution in [3.05, 3.63) is 23.4 Å². The highest BCUT2D eigenvalue weighted by Gasteiger charge is 2.29. The predicted molar refractivity (Wildman–Crippen MR) is 113 cm³/mol. The molecule has 2 unspecified atom stereocenters. The Morgan fingerprint density at radius 3 is 2.87 bits per heavy atom. The first-order valence-corrected chi connectivity index (χ1v) is 10.8. The molecule has 3 amide bonds. The zero-order chi connectivity index (χ0) is 21.5. The molecule has 2 atom stereocenters. The molecular formula is C21H32N6O3. The van der Waals surface area contributed by atoms with Crippen molar-refractivity contribution in [1.82, 2.24) is 25.7 Å². The van der Waals surface area contributed by atoms with E-state index in [2.05, 4.69) is 39.4 Å². The van der Waals surface area contributed by atoms with Crippen molar-refractivity contribution >= 4 is 23.5 Å². The van der Waals surface area contributed by atoms with Crippen molar-refractivity contribution in [2.75, 3.05) is 11.9 Å². The molecular weight excluding hydrogens is 384 g/mol. The van der Waals surface area contributed by atoms with Crippen LogP contribution in [-0.2, 0) is 14.4 Å². The van der Waals surface area contributed by atoms with Crippen LogP contribution in [0.2, 0.25) is 0 Å². The van der Waals surface area contributed by atoms with Gasteiger partial charge in [0, 0.05) is 25.1 Å². The monoisotopic (exact) mass is 416 g/mol. The van der Waals surface area contributed by atoms with Crippen molar-refractivity contribution in [2.45, 2.75) is 77.5 Å². The summed E-state index contributed by atoms with van der Waals surface area (Å²) in [5.41, 5.74) is 2.01. The highest BCUT2D eigenvalue weighted by Crippen LogP contribution is 2.20. The maximum Gasteiger partial charge on any atom is 0.314 e. The molecule has 0 radical (unpaired) electrons. The van der Waals surface area contributed by atoms with Crippen molar-refractivity contribution in [1.29, 1.82) is 0 Å². The summed E-state index contributed by atoms with van der Waals surface area (Å²) >= 11 is 0. The lowest BCUT2D eigenvalue weighted by Gasteiger charge is -2.32. The number of hydrogen-bond donors (Lipinski definition) is 4. The van der Waals surface area contributed by atoms with E-state index in [4.69, 9.17) is 0 Å². The first kappa shape index (κ1) is 22.0. The Kier molecular flexibility index (Phi) is 7.62. The van der Waals surface area contributed by atoms with E-state index >= 15 is 0 Å². The summed E-state index contributed by atoms with van der Waals surface area (Å²) in [5, 5.41) is 15.9. The van der Waals surface area contributed by atoms with Crippen LogP contribution >= 0.6 is 0 Å². The van der Waals surface area contributed by atoms with Gasteiger partial charge in [-0.1, -0.05) is 25.0 Å². The van der Waals surface area contributed by atoms with Gasteiger partial charge in [-0.3, -0.25) is 19.7 Å². The predicted octanol–water partition coefficient (Wildman–Crippen LogP) is 1.87. The standard InChI is InChI=1S/C21H32N6O3/c1-3-7-16-13-18(28)25-21(23-16)27-17(12-14(2)26-27)24-20(30)19(29)22-11-10-15-8-5-4-6-9-15/h8,12,16,21,23H,3-7,9-11,13H2,1-2H3,(H,22,29)(H,24,30)(H,25,28). The van der Waals surface area contributed by atoms with Gasteiger partial charge in [-0.25, -0.2) is 4.68 Å². The fourth-order valence-corrected chi connectivity index (χ4v) is 3.95. The second-order valence-electron chi connectivity index (χ2n) is 8.01. The fraction of sp³-hybridized carbons (Fsp3) is 0.619. The van der Waals surface area contributed by atoms with E-state index in [1.54, 1.807) is 13.0 Å². The van der Waals surface area contributed by atoms with Crippen molar-refractivity contribution in [3.63, 3.8) is 0 Å². The van der Waals surface area contributed by atoms with Crippen LogP contribution in [0.1, 0.15) is 70.3 Å². The molecule has 0 saturated carbocycles. The van der Waals surface area contributed by atoms with Crippen LogP contribution in [0.15, 0.2) is 17.7 Å². The molecule has 0 aromatic carbocycles. The SMILES string of the molecule is CCCC1CC(=O)NC(n2nc(C)cc2NC(=O)C(=O)NCCC2=CCCCC2)N1. The fourth-order valence-electron chi connectivity index (χ4n) is 3.95. The van der Waals surface area contributed by atoms with Crippen LogP contribution in [-0.4, -0.2) is 40.1 Å². The summed E-state index contributed by atoms with van der Waals surface area (Å²) in [4.78, 5) is 36.7. The maximum atomic E-state index is 12.4. The third kappa shape index (κ3) is 5.91. The molecule has 1 aliphatic heterocycles. The Morgan fingerprint density at radius 2 is 2.13 bits per heavy atom. The second-order valence-corrected chi connectivity index (χ2v) is 8.01. The number of rotatable bonds is 7. The molecule has 1 aliphatic carbocycles. The summed E-state index contributed by atoms with van der Waals surface area (Å²) < 4.78 is 1.51. The zero-order valence-corrected chi connectivity index (χ0v) is 17.8. The summed E-state index contributed by atoms with van der Waals surface area (Å²) in [5.74, 6) is -1.14. The second kappa shape index (κ2) is 10.4. The summed E-state index contributed by atoms with van der Waals surface area (Å²) in [7, 11) is 0.